The largest absolute Gasteiger partial charge is 0.126 e. The summed E-state index contributed by atoms with van der Waals surface area (Å²) in [5.41, 5.74) is 2.75. The van der Waals surface area contributed by atoms with Crippen LogP contribution in [-0.4, -0.2) is 17.8 Å². The van der Waals surface area contributed by atoms with E-state index in [1.54, 1.807) is 0 Å². The molecule has 0 aliphatic carbocycles. The summed E-state index contributed by atoms with van der Waals surface area (Å²) in [5, 5.41) is 0. The van der Waals surface area contributed by atoms with Crippen LogP contribution in [0.5, 0.6) is 0 Å². The van der Waals surface area contributed by atoms with Gasteiger partial charge in [0.25, 0.3) is 0 Å². The van der Waals surface area contributed by atoms with Gasteiger partial charge in [0.05, 0.1) is 6.26 Å². The minimum atomic E-state index is 0.552. The molecule has 0 aromatic heterocycles. The van der Waals surface area contributed by atoms with Gasteiger partial charge in [0.2, 0.25) is 0 Å². The summed E-state index contributed by atoms with van der Waals surface area (Å²) in [6, 6.07) is 0. The lowest BCUT2D eigenvalue weighted by molar-refractivity contribution is 1.12. The highest BCUT2D eigenvalue weighted by molar-refractivity contribution is 7.96. The highest BCUT2D eigenvalue weighted by atomic mass is 32.2. The van der Waals surface area contributed by atoms with Gasteiger partial charge in [-0.2, -0.15) is 0 Å². The van der Waals surface area contributed by atoms with Crippen molar-refractivity contribution in [2.24, 2.45) is 0 Å². The molecule has 0 heterocycles. The topological polar surface area (TPSA) is 0 Å². The summed E-state index contributed by atoms with van der Waals surface area (Å²) in [6.45, 7) is 10.3. The molecule has 1 unspecified atom stereocenters. The van der Waals surface area contributed by atoms with Crippen LogP contribution in [-0.2, 0) is 10.9 Å². The van der Waals surface area contributed by atoms with Crippen molar-refractivity contribution >= 4 is 10.9 Å². The van der Waals surface area contributed by atoms with Crippen LogP contribution in [0.2, 0.25) is 0 Å². The van der Waals surface area contributed by atoms with E-state index in [0.717, 1.165) is 0 Å². The molecule has 0 saturated heterocycles. The highest BCUT2D eigenvalue weighted by Gasteiger charge is 2.07. The van der Waals surface area contributed by atoms with Crippen LogP contribution in [0, 0.1) is 0 Å². The first-order valence-electron chi connectivity index (χ1n) is 4.39. The van der Waals surface area contributed by atoms with E-state index >= 15 is 0 Å². The molecule has 0 saturated carbocycles. The molecule has 0 fully saturated rings. The van der Waals surface area contributed by atoms with Gasteiger partial charge in [0.1, 0.15) is 11.5 Å². The molecule has 0 N–H and O–H groups in total. The predicted octanol–water partition coefficient (Wildman–Crippen LogP) is 3.17. The third-order valence-electron chi connectivity index (χ3n) is 1.65. The zero-order chi connectivity index (χ0) is 9.56. The average molecular weight is 185 g/mol. The lowest BCUT2D eigenvalue weighted by atomic mass is 10.3. The Labute approximate surface area is 80.1 Å². The van der Waals surface area contributed by atoms with Crippen LogP contribution in [0.3, 0.4) is 0 Å². The quantitative estimate of drug-likeness (QED) is 0.456. The molecular formula is C11H21S+. The third-order valence-corrected chi connectivity index (χ3v) is 3.29. The first-order valence-corrected chi connectivity index (χ1v) is 6.36. The third kappa shape index (κ3) is 7.93. The highest BCUT2D eigenvalue weighted by Crippen LogP contribution is 2.03. The SMILES string of the molecule is C=C(C)CC[S+](C)CC=C(C)C. The molecule has 70 valence electrons. The van der Waals surface area contributed by atoms with Crippen LogP contribution in [0.1, 0.15) is 27.2 Å². The summed E-state index contributed by atoms with van der Waals surface area (Å²) in [6.07, 6.45) is 5.86. The van der Waals surface area contributed by atoms with Gasteiger partial charge in [0, 0.05) is 6.42 Å². The number of allylic oxidation sites excluding steroid dienone is 2. The van der Waals surface area contributed by atoms with Crippen LogP contribution >= 0.6 is 0 Å². The first kappa shape index (κ1) is 11.8. The van der Waals surface area contributed by atoms with Gasteiger partial charge in [-0.05, 0) is 37.7 Å². The van der Waals surface area contributed by atoms with Gasteiger partial charge in [0.15, 0.2) is 0 Å². The van der Waals surface area contributed by atoms with Crippen LogP contribution in [0.25, 0.3) is 0 Å². The molecule has 0 aromatic carbocycles. The maximum atomic E-state index is 3.91. The maximum Gasteiger partial charge on any atom is 0.126 e. The molecule has 0 bridgehead atoms. The van der Waals surface area contributed by atoms with Crippen molar-refractivity contribution < 1.29 is 0 Å². The Morgan fingerprint density at radius 3 is 2.33 bits per heavy atom. The van der Waals surface area contributed by atoms with Gasteiger partial charge in [-0.15, -0.1) is 0 Å². The lowest BCUT2D eigenvalue weighted by Gasteiger charge is -2.00. The van der Waals surface area contributed by atoms with Crippen molar-refractivity contribution in [1.29, 1.82) is 0 Å². The molecule has 0 aromatic rings. The minimum absolute atomic E-state index is 0.552. The molecule has 0 spiro atoms. The second-order valence-corrected chi connectivity index (χ2v) is 5.95. The zero-order valence-corrected chi connectivity index (χ0v) is 9.63. The summed E-state index contributed by atoms with van der Waals surface area (Å²) in [7, 11) is 0.552. The molecule has 0 rings (SSSR count). The van der Waals surface area contributed by atoms with Crippen molar-refractivity contribution in [3.05, 3.63) is 23.8 Å². The van der Waals surface area contributed by atoms with E-state index in [9.17, 15) is 0 Å². The Balaban J connectivity index is 3.53. The van der Waals surface area contributed by atoms with Crippen molar-refractivity contribution in [1.82, 2.24) is 0 Å². The van der Waals surface area contributed by atoms with Crippen LogP contribution in [0.4, 0.5) is 0 Å². The fourth-order valence-electron chi connectivity index (χ4n) is 0.741. The van der Waals surface area contributed by atoms with E-state index in [1.807, 2.05) is 0 Å². The molecule has 1 heteroatoms. The van der Waals surface area contributed by atoms with Crippen molar-refractivity contribution in [3.8, 4) is 0 Å². The predicted molar refractivity (Wildman–Crippen MR) is 61.9 cm³/mol. The van der Waals surface area contributed by atoms with Gasteiger partial charge in [-0.3, -0.25) is 0 Å². The molecule has 12 heavy (non-hydrogen) atoms. The Hall–Kier alpha value is -0.170. The first-order chi connectivity index (χ1) is 5.52. The minimum Gasteiger partial charge on any atom is -0.1000 e. The molecular weight excluding hydrogens is 164 g/mol. The van der Waals surface area contributed by atoms with Crippen molar-refractivity contribution in [3.63, 3.8) is 0 Å². The van der Waals surface area contributed by atoms with E-state index in [-0.39, 0.29) is 0 Å². The summed E-state index contributed by atoms with van der Waals surface area (Å²) in [4.78, 5) is 0. The normalized spacial score (nSPS) is 12.3. The molecule has 0 aliphatic rings. The zero-order valence-electron chi connectivity index (χ0n) is 8.81. The molecule has 0 radical (unpaired) electrons. The van der Waals surface area contributed by atoms with E-state index in [2.05, 4.69) is 39.7 Å². The van der Waals surface area contributed by atoms with Crippen LogP contribution < -0.4 is 0 Å². The van der Waals surface area contributed by atoms with Gasteiger partial charge in [-0.1, -0.05) is 17.7 Å². The number of hydrogen-bond acceptors (Lipinski definition) is 0. The lowest BCUT2D eigenvalue weighted by Crippen LogP contribution is -2.08. The Kier molecular flexibility index (Phi) is 6.27. The standard InChI is InChI=1S/C11H21S/c1-10(2)6-8-12(5)9-7-11(3)4/h7H,1,6,8-9H2,2-5H3/q+1. The number of hydrogen-bond donors (Lipinski definition) is 0. The molecule has 1 atom stereocenters. The molecule has 0 nitrogen and oxygen atoms in total. The smallest absolute Gasteiger partial charge is 0.1000 e. The summed E-state index contributed by atoms with van der Waals surface area (Å²) in [5.74, 6) is 2.55. The monoisotopic (exact) mass is 185 g/mol. The fraction of sp³-hybridized carbons (Fsp3) is 0.636. The van der Waals surface area contributed by atoms with E-state index in [0.29, 0.717) is 10.9 Å². The molecule has 0 aliphatic heterocycles. The average Bonchev–Trinajstić information content (AvgIpc) is 1.96. The fourth-order valence-corrected chi connectivity index (χ4v) is 2.22. The summed E-state index contributed by atoms with van der Waals surface area (Å²) < 4.78 is 0. The van der Waals surface area contributed by atoms with E-state index in [1.165, 1.54) is 29.1 Å². The van der Waals surface area contributed by atoms with Gasteiger partial charge >= 0.3 is 0 Å². The summed E-state index contributed by atoms with van der Waals surface area (Å²) >= 11 is 0. The second-order valence-electron chi connectivity index (χ2n) is 3.64. The number of rotatable bonds is 5. The van der Waals surface area contributed by atoms with Gasteiger partial charge < -0.3 is 0 Å². The Bertz CT molecular complexity index is 164. The maximum absolute atomic E-state index is 3.91. The Morgan fingerprint density at radius 2 is 1.92 bits per heavy atom. The van der Waals surface area contributed by atoms with E-state index < -0.39 is 0 Å². The van der Waals surface area contributed by atoms with E-state index in [4.69, 9.17) is 0 Å². The van der Waals surface area contributed by atoms with Gasteiger partial charge in [-0.25, -0.2) is 0 Å². The second kappa shape index (κ2) is 6.36. The molecule has 0 amide bonds. The van der Waals surface area contributed by atoms with Crippen molar-refractivity contribution in [2.45, 2.75) is 27.2 Å². The van der Waals surface area contributed by atoms with Crippen molar-refractivity contribution in [2.75, 3.05) is 17.8 Å². The van der Waals surface area contributed by atoms with Crippen LogP contribution in [0.15, 0.2) is 23.8 Å². The Morgan fingerprint density at radius 1 is 1.33 bits per heavy atom.